The first-order valence-corrected chi connectivity index (χ1v) is 9.74. The highest BCUT2D eigenvalue weighted by Gasteiger charge is 2.47. The summed E-state index contributed by atoms with van der Waals surface area (Å²) in [4.78, 5) is 11.9. The van der Waals surface area contributed by atoms with E-state index in [1.807, 2.05) is 28.9 Å². The summed E-state index contributed by atoms with van der Waals surface area (Å²) in [7, 11) is 0. The molecule has 0 atom stereocenters. The number of anilines is 1. The van der Waals surface area contributed by atoms with Gasteiger partial charge in [0.05, 0.1) is 13.1 Å². The van der Waals surface area contributed by atoms with Crippen molar-refractivity contribution in [3.63, 3.8) is 0 Å². The van der Waals surface area contributed by atoms with Crippen LogP contribution in [-0.4, -0.2) is 43.7 Å². The molecule has 1 spiro atoms. The molecule has 0 aliphatic carbocycles. The molecule has 3 aromatic rings. The molecule has 0 amide bonds. The third kappa shape index (κ3) is 3.03. The standard InChI is InChI=1S/C21H22N8/c1-5-14-8-6-7-9-15(14)12-29-18-16(24-27-29)17(22-19(23-18)20(2,3)4)28-11-10-21(13-28)25-26-21/h1,6-9H,10-13H2,2-4H3. The first-order valence-electron chi connectivity index (χ1n) is 9.74. The van der Waals surface area contributed by atoms with Gasteiger partial charge in [0.1, 0.15) is 5.82 Å². The summed E-state index contributed by atoms with van der Waals surface area (Å²) in [6.45, 7) is 8.40. The first kappa shape index (κ1) is 17.7. The van der Waals surface area contributed by atoms with E-state index in [0.29, 0.717) is 12.1 Å². The molecule has 146 valence electrons. The van der Waals surface area contributed by atoms with Crippen molar-refractivity contribution in [1.29, 1.82) is 0 Å². The van der Waals surface area contributed by atoms with Crippen molar-refractivity contribution >= 4 is 17.0 Å². The molecule has 0 radical (unpaired) electrons. The molecule has 8 nitrogen and oxygen atoms in total. The lowest BCUT2D eigenvalue weighted by atomic mass is 9.96. The Morgan fingerprint density at radius 2 is 1.97 bits per heavy atom. The molecular weight excluding hydrogens is 364 g/mol. The van der Waals surface area contributed by atoms with Gasteiger partial charge in [-0.15, -0.1) is 11.5 Å². The van der Waals surface area contributed by atoms with E-state index in [1.165, 1.54) is 0 Å². The van der Waals surface area contributed by atoms with E-state index in [-0.39, 0.29) is 11.1 Å². The SMILES string of the molecule is C#Cc1ccccc1Cn1nnc2c(N3CCC4(C3)N=N4)nc(C(C)(C)C)nc21. The summed E-state index contributed by atoms with van der Waals surface area (Å²) in [5, 5.41) is 17.3. The lowest BCUT2D eigenvalue weighted by molar-refractivity contribution is 0.545. The van der Waals surface area contributed by atoms with Crippen molar-refractivity contribution in [2.45, 2.75) is 44.8 Å². The fourth-order valence-electron chi connectivity index (χ4n) is 3.66. The highest BCUT2D eigenvalue weighted by molar-refractivity contribution is 5.83. The Hall–Kier alpha value is -3.34. The molecular formula is C21H22N8. The number of benzene rings is 1. The summed E-state index contributed by atoms with van der Waals surface area (Å²) in [6, 6.07) is 7.85. The summed E-state index contributed by atoms with van der Waals surface area (Å²) < 4.78 is 1.81. The van der Waals surface area contributed by atoms with Crippen LogP contribution in [0.3, 0.4) is 0 Å². The van der Waals surface area contributed by atoms with Crippen LogP contribution in [0.4, 0.5) is 5.82 Å². The number of hydrogen-bond donors (Lipinski definition) is 0. The second-order valence-electron chi connectivity index (χ2n) is 8.70. The molecule has 4 heterocycles. The third-order valence-electron chi connectivity index (χ3n) is 5.42. The molecule has 1 saturated heterocycles. The molecule has 0 N–H and O–H groups in total. The van der Waals surface area contributed by atoms with E-state index in [4.69, 9.17) is 16.4 Å². The average molecular weight is 386 g/mol. The van der Waals surface area contributed by atoms with Gasteiger partial charge in [0, 0.05) is 23.9 Å². The van der Waals surface area contributed by atoms with Crippen LogP contribution in [0, 0.1) is 12.3 Å². The maximum absolute atomic E-state index is 5.67. The van der Waals surface area contributed by atoms with Gasteiger partial charge in [-0.1, -0.05) is 50.1 Å². The summed E-state index contributed by atoms with van der Waals surface area (Å²) in [6.07, 6.45) is 6.58. The van der Waals surface area contributed by atoms with E-state index in [1.54, 1.807) is 0 Å². The zero-order valence-electron chi connectivity index (χ0n) is 16.8. The van der Waals surface area contributed by atoms with Crippen LogP contribution in [0.1, 0.15) is 44.1 Å². The van der Waals surface area contributed by atoms with Crippen molar-refractivity contribution in [2.75, 3.05) is 18.0 Å². The Balaban J connectivity index is 1.61. The van der Waals surface area contributed by atoms with Crippen LogP contribution in [0.15, 0.2) is 34.5 Å². The fraction of sp³-hybridized carbons (Fsp3) is 0.429. The Bertz CT molecular complexity index is 1170. The fourth-order valence-corrected chi connectivity index (χ4v) is 3.66. The number of aromatic nitrogens is 5. The van der Waals surface area contributed by atoms with Gasteiger partial charge < -0.3 is 4.90 Å². The van der Waals surface area contributed by atoms with E-state index in [2.05, 4.69) is 52.1 Å². The quantitative estimate of drug-likeness (QED) is 0.646. The molecule has 5 rings (SSSR count). The molecule has 1 aromatic carbocycles. The first-order chi connectivity index (χ1) is 13.9. The largest absolute Gasteiger partial charge is 0.350 e. The minimum Gasteiger partial charge on any atom is -0.350 e. The minimum atomic E-state index is -0.235. The van der Waals surface area contributed by atoms with E-state index in [9.17, 15) is 0 Å². The van der Waals surface area contributed by atoms with Gasteiger partial charge in [-0.2, -0.15) is 10.2 Å². The van der Waals surface area contributed by atoms with Crippen molar-refractivity contribution in [2.24, 2.45) is 10.2 Å². The van der Waals surface area contributed by atoms with Gasteiger partial charge in [-0.25, -0.2) is 14.6 Å². The number of nitrogens with zero attached hydrogens (tertiary/aromatic N) is 8. The smallest absolute Gasteiger partial charge is 0.209 e. The summed E-state index contributed by atoms with van der Waals surface area (Å²) in [5.41, 5.74) is 2.84. The number of fused-ring (bicyclic) bond motifs is 1. The monoisotopic (exact) mass is 386 g/mol. The molecule has 0 unspecified atom stereocenters. The molecule has 8 heteroatoms. The summed E-state index contributed by atoms with van der Waals surface area (Å²) in [5.74, 6) is 4.31. The van der Waals surface area contributed by atoms with Crippen molar-refractivity contribution in [3.8, 4) is 12.3 Å². The van der Waals surface area contributed by atoms with Crippen molar-refractivity contribution in [3.05, 3.63) is 41.2 Å². The Morgan fingerprint density at radius 1 is 1.17 bits per heavy atom. The minimum absolute atomic E-state index is 0.208. The molecule has 2 aromatic heterocycles. The van der Waals surface area contributed by atoms with Gasteiger partial charge in [-0.05, 0) is 11.6 Å². The van der Waals surface area contributed by atoms with Crippen LogP contribution in [-0.2, 0) is 12.0 Å². The molecule has 0 bridgehead atoms. The van der Waals surface area contributed by atoms with E-state index < -0.39 is 0 Å². The van der Waals surface area contributed by atoms with Gasteiger partial charge in [-0.3, -0.25) is 0 Å². The lowest BCUT2D eigenvalue weighted by Gasteiger charge is -2.21. The van der Waals surface area contributed by atoms with Gasteiger partial charge >= 0.3 is 0 Å². The molecule has 2 aliphatic heterocycles. The molecule has 29 heavy (non-hydrogen) atoms. The number of hydrogen-bond acceptors (Lipinski definition) is 7. The van der Waals surface area contributed by atoms with Crippen LogP contribution in [0.2, 0.25) is 0 Å². The van der Waals surface area contributed by atoms with Gasteiger partial charge in [0.15, 0.2) is 17.0 Å². The Labute approximate surface area is 169 Å². The second-order valence-corrected chi connectivity index (χ2v) is 8.70. The summed E-state index contributed by atoms with van der Waals surface area (Å²) >= 11 is 0. The zero-order valence-corrected chi connectivity index (χ0v) is 16.8. The van der Waals surface area contributed by atoms with E-state index >= 15 is 0 Å². The highest BCUT2D eigenvalue weighted by Crippen LogP contribution is 2.40. The molecule has 0 saturated carbocycles. The average Bonchev–Trinajstić information content (AvgIpc) is 3.14. The van der Waals surface area contributed by atoms with Crippen LogP contribution in [0.5, 0.6) is 0 Å². The highest BCUT2D eigenvalue weighted by atomic mass is 15.5. The maximum atomic E-state index is 5.67. The predicted octanol–water partition coefficient (Wildman–Crippen LogP) is 2.92. The predicted molar refractivity (Wildman–Crippen MR) is 110 cm³/mol. The zero-order chi connectivity index (χ0) is 20.2. The van der Waals surface area contributed by atoms with Crippen LogP contribution >= 0.6 is 0 Å². The topological polar surface area (TPSA) is 84.5 Å². The third-order valence-corrected chi connectivity index (χ3v) is 5.42. The number of rotatable bonds is 3. The molecule has 2 aliphatic rings. The van der Waals surface area contributed by atoms with Crippen molar-refractivity contribution < 1.29 is 0 Å². The maximum Gasteiger partial charge on any atom is 0.209 e. The lowest BCUT2D eigenvalue weighted by Crippen LogP contribution is -2.26. The van der Waals surface area contributed by atoms with Gasteiger partial charge in [0.25, 0.3) is 0 Å². The van der Waals surface area contributed by atoms with Crippen LogP contribution < -0.4 is 4.90 Å². The number of terminal acetylenes is 1. The van der Waals surface area contributed by atoms with Gasteiger partial charge in [0.2, 0.25) is 5.66 Å². The Kier molecular flexibility index (Phi) is 3.72. The van der Waals surface area contributed by atoms with Crippen LogP contribution in [0.25, 0.3) is 11.2 Å². The van der Waals surface area contributed by atoms with E-state index in [0.717, 1.165) is 47.9 Å². The Morgan fingerprint density at radius 3 is 2.66 bits per heavy atom. The van der Waals surface area contributed by atoms with Crippen molar-refractivity contribution in [1.82, 2.24) is 25.0 Å². The second kappa shape index (κ2) is 6.08. The molecule has 1 fully saturated rings. The normalized spacial score (nSPS) is 17.2.